The molecule has 30 heavy (non-hydrogen) atoms. The second-order valence-corrected chi connectivity index (χ2v) is 10.8. The van der Waals surface area contributed by atoms with Crippen LogP contribution in [0, 0.1) is 30.1 Å². The molecular formula is C25H30N2O2S. The number of carbonyl (C=O) groups is 2. The predicted octanol–water partition coefficient (Wildman–Crippen LogP) is 4.82. The Balaban J connectivity index is 1.15. The van der Waals surface area contributed by atoms with Crippen LogP contribution in [0.2, 0.25) is 0 Å². The van der Waals surface area contributed by atoms with Crippen LogP contribution in [0.25, 0.3) is 0 Å². The Morgan fingerprint density at radius 2 is 1.57 bits per heavy atom. The molecule has 2 aromatic rings. The van der Waals surface area contributed by atoms with E-state index in [1.54, 1.807) is 11.3 Å². The highest BCUT2D eigenvalue weighted by Gasteiger charge is 2.54. The van der Waals surface area contributed by atoms with Crippen molar-refractivity contribution in [1.82, 2.24) is 10.6 Å². The highest BCUT2D eigenvalue weighted by molar-refractivity contribution is 7.10. The average Bonchev–Trinajstić information content (AvgIpc) is 3.14. The van der Waals surface area contributed by atoms with Crippen LogP contribution in [-0.2, 0) is 17.9 Å². The lowest BCUT2D eigenvalue weighted by atomic mass is 9.49. The van der Waals surface area contributed by atoms with Gasteiger partial charge in [0.15, 0.2) is 0 Å². The minimum absolute atomic E-state index is 0.0630. The topological polar surface area (TPSA) is 58.2 Å². The summed E-state index contributed by atoms with van der Waals surface area (Å²) in [4.78, 5) is 26.7. The number of aryl methyl sites for hydroxylation is 1. The molecule has 1 heterocycles. The van der Waals surface area contributed by atoms with Gasteiger partial charge in [0.2, 0.25) is 5.91 Å². The lowest BCUT2D eigenvalue weighted by Crippen LogP contribution is -2.53. The van der Waals surface area contributed by atoms with Crippen LogP contribution in [0.4, 0.5) is 0 Å². The van der Waals surface area contributed by atoms with Crippen LogP contribution in [0.1, 0.15) is 64.9 Å². The van der Waals surface area contributed by atoms with Crippen molar-refractivity contribution in [2.45, 2.75) is 58.5 Å². The van der Waals surface area contributed by atoms with Gasteiger partial charge in [-0.15, -0.1) is 11.3 Å². The van der Waals surface area contributed by atoms with Crippen molar-refractivity contribution in [2.24, 2.45) is 23.2 Å². The normalized spacial score (nSPS) is 29.0. The molecule has 4 aliphatic rings. The van der Waals surface area contributed by atoms with Gasteiger partial charge in [0.05, 0.1) is 6.54 Å². The minimum Gasteiger partial charge on any atom is -0.352 e. The van der Waals surface area contributed by atoms with Gasteiger partial charge in [-0.05, 0) is 97.9 Å². The Kier molecular flexibility index (Phi) is 5.18. The third kappa shape index (κ3) is 3.80. The van der Waals surface area contributed by atoms with Gasteiger partial charge >= 0.3 is 0 Å². The molecule has 1 aromatic heterocycles. The standard InChI is InChI=1S/C25H30N2O2S/c1-16-6-7-30-22(16)15-26-23(28)21-4-2-17(3-5-21)14-27-24(29)25-11-18-8-19(12-25)10-20(9-18)13-25/h2-7,18-20H,8-15H2,1H3,(H,26,28)(H,27,29). The van der Waals surface area contributed by atoms with Crippen LogP contribution < -0.4 is 10.6 Å². The van der Waals surface area contributed by atoms with Gasteiger partial charge in [0.25, 0.3) is 5.91 Å². The van der Waals surface area contributed by atoms with Gasteiger partial charge in [-0.2, -0.15) is 0 Å². The molecule has 2 N–H and O–H groups in total. The zero-order valence-corrected chi connectivity index (χ0v) is 18.4. The van der Waals surface area contributed by atoms with E-state index in [1.807, 2.05) is 29.6 Å². The first-order valence-electron chi connectivity index (χ1n) is 11.2. The van der Waals surface area contributed by atoms with E-state index in [-0.39, 0.29) is 17.2 Å². The van der Waals surface area contributed by atoms with E-state index in [2.05, 4.69) is 23.6 Å². The number of hydrogen-bond donors (Lipinski definition) is 2. The fraction of sp³-hybridized carbons (Fsp3) is 0.520. The van der Waals surface area contributed by atoms with Crippen LogP contribution >= 0.6 is 11.3 Å². The first kappa shape index (κ1) is 19.8. The number of amides is 2. The molecule has 0 radical (unpaired) electrons. The molecule has 2 amide bonds. The molecule has 5 heteroatoms. The smallest absolute Gasteiger partial charge is 0.251 e. The molecule has 4 bridgehead atoms. The molecule has 6 rings (SSSR count). The van der Waals surface area contributed by atoms with Crippen molar-refractivity contribution < 1.29 is 9.59 Å². The minimum atomic E-state index is -0.103. The molecule has 4 nitrogen and oxygen atoms in total. The summed E-state index contributed by atoms with van der Waals surface area (Å²) in [5, 5.41) is 8.25. The molecule has 158 valence electrons. The number of benzene rings is 1. The summed E-state index contributed by atoms with van der Waals surface area (Å²) >= 11 is 1.66. The van der Waals surface area contributed by atoms with E-state index in [4.69, 9.17) is 0 Å². The van der Waals surface area contributed by atoms with E-state index in [9.17, 15) is 9.59 Å². The maximum Gasteiger partial charge on any atom is 0.251 e. The van der Waals surface area contributed by atoms with Gasteiger partial charge in [0.1, 0.15) is 0 Å². The SMILES string of the molecule is Cc1ccsc1CNC(=O)c1ccc(CNC(=O)C23CC4CC(CC(C4)C2)C3)cc1. The van der Waals surface area contributed by atoms with Gasteiger partial charge in [-0.3, -0.25) is 9.59 Å². The quantitative estimate of drug-likeness (QED) is 0.701. The third-order valence-corrected chi connectivity index (χ3v) is 8.59. The summed E-state index contributed by atoms with van der Waals surface area (Å²) in [6.07, 6.45) is 7.32. The summed E-state index contributed by atoms with van der Waals surface area (Å²) in [6.45, 7) is 3.16. The monoisotopic (exact) mass is 422 g/mol. The summed E-state index contributed by atoms with van der Waals surface area (Å²) in [7, 11) is 0. The molecule has 0 unspecified atom stereocenters. The van der Waals surface area contributed by atoms with Gasteiger partial charge in [-0.1, -0.05) is 12.1 Å². The van der Waals surface area contributed by atoms with Crippen molar-refractivity contribution >= 4 is 23.2 Å². The first-order valence-corrected chi connectivity index (χ1v) is 12.1. The molecule has 0 aliphatic heterocycles. The van der Waals surface area contributed by atoms with Gasteiger partial charge in [0, 0.05) is 22.4 Å². The molecule has 4 fully saturated rings. The Morgan fingerprint density at radius 3 is 2.13 bits per heavy atom. The van der Waals surface area contributed by atoms with Crippen molar-refractivity contribution in [3.63, 3.8) is 0 Å². The van der Waals surface area contributed by atoms with Gasteiger partial charge in [-0.25, -0.2) is 0 Å². The van der Waals surface area contributed by atoms with Crippen molar-refractivity contribution in [3.8, 4) is 0 Å². The summed E-state index contributed by atoms with van der Waals surface area (Å²) in [6, 6.07) is 9.67. The third-order valence-electron chi connectivity index (χ3n) is 7.57. The highest BCUT2D eigenvalue weighted by atomic mass is 32.1. The second kappa shape index (κ2) is 7.84. The molecule has 4 aliphatic carbocycles. The average molecular weight is 423 g/mol. The number of hydrogen-bond acceptors (Lipinski definition) is 3. The lowest BCUT2D eigenvalue weighted by molar-refractivity contribution is -0.146. The second-order valence-electron chi connectivity index (χ2n) is 9.79. The molecular weight excluding hydrogens is 392 g/mol. The van der Waals surface area contributed by atoms with E-state index in [1.165, 1.54) is 29.7 Å². The largest absolute Gasteiger partial charge is 0.352 e. The summed E-state index contributed by atoms with van der Waals surface area (Å²) in [5.41, 5.74) is 2.80. The van der Waals surface area contributed by atoms with E-state index < -0.39 is 0 Å². The predicted molar refractivity (Wildman–Crippen MR) is 119 cm³/mol. The van der Waals surface area contributed by atoms with E-state index >= 15 is 0 Å². The van der Waals surface area contributed by atoms with Crippen molar-refractivity contribution in [2.75, 3.05) is 0 Å². The van der Waals surface area contributed by atoms with E-state index in [0.717, 1.165) is 42.6 Å². The van der Waals surface area contributed by atoms with Crippen LogP contribution in [0.15, 0.2) is 35.7 Å². The summed E-state index contributed by atoms with van der Waals surface area (Å²) in [5.74, 6) is 2.52. The van der Waals surface area contributed by atoms with Crippen molar-refractivity contribution in [3.05, 3.63) is 57.3 Å². The fourth-order valence-electron chi connectivity index (χ4n) is 6.38. The van der Waals surface area contributed by atoms with Crippen LogP contribution in [0.3, 0.4) is 0 Å². The molecule has 1 aromatic carbocycles. The highest BCUT2D eigenvalue weighted by Crippen LogP contribution is 2.60. The Hall–Kier alpha value is -2.14. The first-order chi connectivity index (χ1) is 14.5. The summed E-state index contributed by atoms with van der Waals surface area (Å²) < 4.78 is 0. The molecule has 0 saturated heterocycles. The molecule has 0 spiro atoms. The molecule has 0 atom stereocenters. The number of nitrogens with one attached hydrogen (secondary N) is 2. The van der Waals surface area contributed by atoms with Crippen LogP contribution in [-0.4, -0.2) is 11.8 Å². The zero-order chi connectivity index (χ0) is 20.7. The number of carbonyl (C=O) groups excluding carboxylic acids is 2. The Bertz CT molecular complexity index is 911. The Morgan fingerprint density at radius 1 is 0.933 bits per heavy atom. The van der Waals surface area contributed by atoms with Crippen molar-refractivity contribution in [1.29, 1.82) is 0 Å². The van der Waals surface area contributed by atoms with Crippen LogP contribution in [0.5, 0.6) is 0 Å². The maximum absolute atomic E-state index is 13.1. The molecule has 4 saturated carbocycles. The van der Waals surface area contributed by atoms with E-state index in [0.29, 0.717) is 18.7 Å². The van der Waals surface area contributed by atoms with Gasteiger partial charge < -0.3 is 10.6 Å². The lowest BCUT2D eigenvalue weighted by Gasteiger charge is -2.55. The Labute approximate surface area is 182 Å². The zero-order valence-electron chi connectivity index (χ0n) is 17.6. The number of rotatable bonds is 6. The fourth-order valence-corrected chi connectivity index (χ4v) is 7.23. The maximum atomic E-state index is 13.1. The number of thiophene rings is 1.